The molecule has 0 N–H and O–H groups in total. The number of aryl methyl sites for hydroxylation is 1. The zero-order valence-electron chi connectivity index (χ0n) is 14.8. The van der Waals surface area contributed by atoms with Crippen LogP contribution in [-0.2, 0) is 9.53 Å². The molecule has 6 nitrogen and oxygen atoms in total. The van der Waals surface area contributed by atoms with Crippen molar-refractivity contribution in [1.29, 1.82) is 0 Å². The number of esters is 1. The van der Waals surface area contributed by atoms with Crippen molar-refractivity contribution in [2.24, 2.45) is 0 Å². The Morgan fingerprint density at radius 2 is 2.04 bits per heavy atom. The maximum atomic E-state index is 11.5. The predicted molar refractivity (Wildman–Crippen MR) is 100 cm³/mol. The average molecular weight is 371 g/mol. The lowest BCUT2D eigenvalue weighted by atomic mass is 10.2. The van der Waals surface area contributed by atoms with E-state index in [9.17, 15) is 4.79 Å². The minimum Gasteiger partial charge on any atom is -0.466 e. The van der Waals surface area contributed by atoms with E-state index in [1.807, 2.05) is 35.8 Å². The number of benzene rings is 1. The maximum absolute atomic E-state index is 11.5. The van der Waals surface area contributed by atoms with Crippen molar-refractivity contribution in [1.82, 2.24) is 14.8 Å². The molecule has 0 bridgehead atoms. The summed E-state index contributed by atoms with van der Waals surface area (Å²) in [5.41, 5.74) is 2.16. The highest BCUT2D eigenvalue weighted by Crippen LogP contribution is 2.28. The minimum atomic E-state index is -0.163. The Kier molecular flexibility index (Phi) is 6.12. The molecule has 2 aromatic heterocycles. The van der Waals surface area contributed by atoms with Gasteiger partial charge in [-0.05, 0) is 44.5 Å². The first-order chi connectivity index (χ1) is 12.7. The number of hydrogen-bond donors (Lipinski definition) is 0. The van der Waals surface area contributed by atoms with Crippen molar-refractivity contribution < 1.29 is 13.9 Å². The second-order valence-electron chi connectivity index (χ2n) is 5.71. The van der Waals surface area contributed by atoms with Gasteiger partial charge in [-0.15, -0.1) is 10.2 Å². The van der Waals surface area contributed by atoms with E-state index in [1.54, 1.807) is 18.0 Å². The van der Waals surface area contributed by atoms with Gasteiger partial charge < -0.3 is 9.15 Å². The first-order valence-electron chi connectivity index (χ1n) is 8.53. The number of carbonyl (C=O) groups excluding carboxylic acids is 1. The van der Waals surface area contributed by atoms with Gasteiger partial charge in [0.2, 0.25) is 5.82 Å². The SMILES string of the molecule is CCOC(=O)CCCSc1nnc(-c2ccco2)n1-c1ccc(C)cc1. The number of hydrogen-bond acceptors (Lipinski definition) is 6. The van der Waals surface area contributed by atoms with Crippen LogP contribution >= 0.6 is 11.8 Å². The number of furan rings is 1. The molecule has 3 rings (SSSR count). The number of thioether (sulfide) groups is 1. The summed E-state index contributed by atoms with van der Waals surface area (Å²) in [4.78, 5) is 11.5. The van der Waals surface area contributed by atoms with Crippen LogP contribution < -0.4 is 0 Å². The van der Waals surface area contributed by atoms with Gasteiger partial charge >= 0.3 is 5.97 Å². The Bertz CT molecular complexity index is 842. The van der Waals surface area contributed by atoms with Crippen LogP contribution in [0.5, 0.6) is 0 Å². The first kappa shape index (κ1) is 18.3. The van der Waals surface area contributed by atoms with Crippen molar-refractivity contribution in [2.45, 2.75) is 31.8 Å². The third-order valence-electron chi connectivity index (χ3n) is 3.73. The molecular weight excluding hydrogens is 350 g/mol. The predicted octanol–water partition coefficient (Wildman–Crippen LogP) is 4.27. The topological polar surface area (TPSA) is 70.2 Å². The summed E-state index contributed by atoms with van der Waals surface area (Å²) in [5, 5.41) is 9.40. The molecular formula is C19H21N3O3S. The lowest BCUT2D eigenvalue weighted by molar-refractivity contribution is -0.143. The molecule has 2 heterocycles. The van der Waals surface area contributed by atoms with E-state index in [2.05, 4.69) is 29.3 Å². The number of aromatic nitrogens is 3. The van der Waals surface area contributed by atoms with Gasteiger partial charge in [0.05, 0.1) is 12.9 Å². The Labute approximate surface area is 156 Å². The number of carbonyl (C=O) groups is 1. The highest BCUT2D eigenvalue weighted by Gasteiger charge is 2.18. The fourth-order valence-corrected chi connectivity index (χ4v) is 3.36. The highest BCUT2D eigenvalue weighted by atomic mass is 32.2. The largest absolute Gasteiger partial charge is 0.466 e. The summed E-state index contributed by atoms with van der Waals surface area (Å²) < 4.78 is 12.4. The Morgan fingerprint density at radius 3 is 2.73 bits per heavy atom. The van der Waals surface area contributed by atoms with Crippen LogP contribution in [0.25, 0.3) is 17.3 Å². The van der Waals surface area contributed by atoms with Crippen LogP contribution in [0.1, 0.15) is 25.3 Å². The van der Waals surface area contributed by atoms with Gasteiger partial charge in [-0.2, -0.15) is 0 Å². The van der Waals surface area contributed by atoms with Crippen molar-refractivity contribution >= 4 is 17.7 Å². The minimum absolute atomic E-state index is 0.163. The summed E-state index contributed by atoms with van der Waals surface area (Å²) in [7, 11) is 0. The van der Waals surface area contributed by atoms with Crippen LogP contribution in [0.3, 0.4) is 0 Å². The standard InChI is InChI=1S/C19H21N3O3S/c1-3-24-17(23)7-5-13-26-19-21-20-18(16-6-4-12-25-16)22(19)15-10-8-14(2)9-11-15/h4,6,8-12H,3,5,7,13H2,1-2H3. The van der Waals surface area contributed by atoms with Crippen molar-refractivity contribution in [3.05, 3.63) is 48.2 Å². The second-order valence-corrected chi connectivity index (χ2v) is 6.77. The maximum Gasteiger partial charge on any atom is 0.305 e. The summed E-state index contributed by atoms with van der Waals surface area (Å²) in [6, 6.07) is 11.9. The Balaban J connectivity index is 1.79. The normalized spacial score (nSPS) is 10.8. The lowest BCUT2D eigenvalue weighted by Crippen LogP contribution is -2.04. The van der Waals surface area contributed by atoms with E-state index in [0.29, 0.717) is 24.6 Å². The number of ether oxygens (including phenoxy) is 1. The molecule has 0 spiro atoms. The zero-order valence-corrected chi connectivity index (χ0v) is 15.7. The molecule has 0 aliphatic heterocycles. The van der Waals surface area contributed by atoms with Gasteiger partial charge in [-0.3, -0.25) is 9.36 Å². The van der Waals surface area contributed by atoms with Gasteiger partial charge in [0.15, 0.2) is 10.9 Å². The van der Waals surface area contributed by atoms with E-state index in [4.69, 9.17) is 9.15 Å². The molecule has 26 heavy (non-hydrogen) atoms. The second kappa shape index (κ2) is 8.71. The highest BCUT2D eigenvalue weighted by molar-refractivity contribution is 7.99. The van der Waals surface area contributed by atoms with E-state index in [1.165, 1.54) is 5.56 Å². The molecule has 0 radical (unpaired) electrons. The molecule has 0 aliphatic carbocycles. The van der Waals surface area contributed by atoms with Gasteiger partial charge in [-0.1, -0.05) is 29.5 Å². The van der Waals surface area contributed by atoms with Crippen LogP contribution in [0, 0.1) is 6.92 Å². The molecule has 136 valence electrons. The smallest absolute Gasteiger partial charge is 0.305 e. The average Bonchev–Trinajstić information content (AvgIpc) is 3.29. The molecule has 7 heteroatoms. The van der Waals surface area contributed by atoms with Crippen LogP contribution in [0.15, 0.2) is 52.2 Å². The summed E-state index contributed by atoms with van der Waals surface area (Å²) >= 11 is 1.56. The van der Waals surface area contributed by atoms with Crippen LogP contribution in [-0.4, -0.2) is 33.1 Å². The zero-order chi connectivity index (χ0) is 18.4. The quantitative estimate of drug-likeness (QED) is 0.334. The van der Waals surface area contributed by atoms with E-state index >= 15 is 0 Å². The monoisotopic (exact) mass is 371 g/mol. The van der Waals surface area contributed by atoms with Crippen LogP contribution in [0.4, 0.5) is 0 Å². The number of rotatable bonds is 8. The molecule has 0 aliphatic rings. The third kappa shape index (κ3) is 4.35. The number of nitrogens with zero attached hydrogens (tertiary/aromatic N) is 3. The van der Waals surface area contributed by atoms with Crippen molar-refractivity contribution in [3.63, 3.8) is 0 Å². The van der Waals surface area contributed by atoms with Crippen molar-refractivity contribution in [2.75, 3.05) is 12.4 Å². The summed E-state index contributed by atoms with van der Waals surface area (Å²) in [6.07, 6.45) is 2.75. The first-order valence-corrected chi connectivity index (χ1v) is 9.52. The summed E-state index contributed by atoms with van der Waals surface area (Å²) in [6.45, 7) is 4.28. The Hall–Kier alpha value is -2.54. The molecule has 0 amide bonds. The summed E-state index contributed by atoms with van der Waals surface area (Å²) in [5.74, 6) is 1.91. The molecule has 3 aromatic rings. The molecule has 0 saturated heterocycles. The van der Waals surface area contributed by atoms with Crippen molar-refractivity contribution in [3.8, 4) is 17.3 Å². The molecule has 0 unspecified atom stereocenters. The molecule has 0 saturated carbocycles. The van der Waals surface area contributed by atoms with Gasteiger partial charge in [0, 0.05) is 17.9 Å². The fraction of sp³-hybridized carbons (Fsp3) is 0.316. The van der Waals surface area contributed by atoms with Gasteiger partial charge in [-0.25, -0.2) is 0 Å². The van der Waals surface area contributed by atoms with E-state index in [-0.39, 0.29) is 5.97 Å². The van der Waals surface area contributed by atoms with E-state index in [0.717, 1.165) is 23.0 Å². The van der Waals surface area contributed by atoms with Gasteiger partial charge in [0.1, 0.15) is 0 Å². The van der Waals surface area contributed by atoms with Gasteiger partial charge in [0.25, 0.3) is 0 Å². The molecule has 0 atom stereocenters. The third-order valence-corrected chi connectivity index (χ3v) is 4.74. The van der Waals surface area contributed by atoms with Crippen LogP contribution in [0.2, 0.25) is 0 Å². The Morgan fingerprint density at radius 1 is 1.23 bits per heavy atom. The molecule has 0 fully saturated rings. The van der Waals surface area contributed by atoms with E-state index < -0.39 is 0 Å². The lowest BCUT2D eigenvalue weighted by Gasteiger charge is -2.09. The molecule has 1 aromatic carbocycles. The fourth-order valence-electron chi connectivity index (χ4n) is 2.47.